The van der Waals surface area contributed by atoms with Crippen LogP contribution in [0, 0.1) is 0 Å². The summed E-state index contributed by atoms with van der Waals surface area (Å²) < 4.78 is 11.3. The molecule has 3 aromatic rings. The predicted molar refractivity (Wildman–Crippen MR) is 112 cm³/mol. The summed E-state index contributed by atoms with van der Waals surface area (Å²) in [6.45, 7) is 1.57. The van der Waals surface area contributed by atoms with Gasteiger partial charge in [-0.15, -0.1) is 0 Å². The molecule has 2 N–H and O–H groups in total. The fourth-order valence-corrected chi connectivity index (χ4v) is 3.11. The van der Waals surface area contributed by atoms with Crippen molar-refractivity contribution in [1.82, 2.24) is 5.32 Å². The van der Waals surface area contributed by atoms with Crippen LogP contribution in [0.3, 0.4) is 0 Å². The number of hydrogen-bond acceptors (Lipinski definition) is 4. The van der Waals surface area contributed by atoms with E-state index in [1.54, 1.807) is 7.11 Å². The molecule has 1 unspecified atom stereocenters. The molecule has 0 spiro atoms. The molecule has 0 aliphatic carbocycles. The Kier molecular flexibility index (Phi) is 7.06. The van der Waals surface area contributed by atoms with E-state index in [2.05, 4.69) is 17.4 Å². The van der Waals surface area contributed by atoms with Crippen molar-refractivity contribution in [3.63, 3.8) is 0 Å². The minimum Gasteiger partial charge on any atom is -0.493 e. The fraction of sp³-hybridized carbons (Fsp3) is 0.250. The lowest BCUT2D eigenvalue weighted by atomic mass is 9.91. The van der Waals surface area contributed by atoms with E-state index in [1.165, 1.54) is 5.56 Å². The van der Waals surface area contributed by atoms with E-state index in [-0.39, 0.29) is 6.61 Å². The van der Waals surface area contributed by atoms with Crippen LogP contribution in [0.1, 0.15) is 17.5 Å². The van der Waals surface area contributed by atoms with Gasteiger partial charge in [-0.1, -0.05) is 72.8 Å². The van der Waals surface area contributed by atoms with Crippen LogP contribution in [0.2, 0.25) is 0 Å². The highest BCUT2D eigenvalue weighted by Crippen LogP contribution is 2.30. The van der Waals surface area contributed by atoms with Gasteiger partial charge in [-0.3, -0.25) is 0 Å². The van der Waals surface area contributed by atoms with Gasteiger partial charge in [0, 0.05) is 6.54 Å². The van der Waals surface area contributed by atoms with Crippen LogP contribution in [0.5, 0.6) is 11.5 Å². The monoisotopic (exact) mass is 377 g/mol. The molecule has 0 aromatic heterocycles. The normalized spacial score (nSPS) is 12.9. The van der Waals surface area contributed by atoms with Gasteiger partial charge in [-0.25, -0.2) is 0 Å². The summed E-state index contributed by atoms with van der Waals surface area (Å²) in [4.78, 5) is 0. The summed E-state index contributed by atoms with van der Waals surface area (Å²) in [5.41, 5.74) is 0.952. The summed E-state index contributed by atoms with van der Waals surface area (Å²) in [6.07, 6.45) is 0.527. The Labute approximate surface area is 166 Å². The highest BCUT2D eigenvalue weighted by atomic mass is 16.5. The Hall–Kier alpha value is -2.82. The van der Waals surface area contributed by atoms with E-state index in [0.29, 0.717) is 24.5 Å². The molecule has 0 fully saturated rings. The van der Waals surface area contributed by atoms with Crippen molar-refractivity contribution in [2.24, 2.45) is 0 Å². The van der Waals surface area contributed by atoms with Gasteiger partial charge in [0.2, 0.25) is 0 Å². The van der Waals surface area contributed by atoms with Gasteiger partial charge in [0.05, 0.1) is 7.11 Å². The summed E-state index contributed by atoms with van der Waals surface area (Å²) in [5.74, 6) is 1.27. The molecule has 0 heterocycles. The Morgan fingerprint density at radius 2 is 1.43 bits per heavy atom. The van der Waals surface area contributed by atoms with Crippen molar-refractivity contribution >= 4 is 0 Å². The largest absolute Gasteiger partial charge is 0.493 e. The fourth-order valence-electron chi connectivity index (χ4n) is 3.11. The van der Waals surface area contributed by atoms with Gasteiger partial charge >= 0.3 is 0 Å². The van der Waals surface area contributed by atoms with Gasteiger partial charge < -0.3 is 19.9 Å². The van der Waals surface area contributed by atoms with Gasteiger partial charge in [0.25, 0.3) is 0 Å². The Bertz CT molecular complexity index is 839. The van der Waals surface area contributed by atoms with Gasteiger partial charge in [-0.05, 0) is 36.2 Å². The lowest BCUT2D eigenvalue weighted by molar-refractivity contribution is -0.0172. The van der Waals surface area contributed by atoms with E-state index in [1.807, 2.05) is 72.8 Å². The number of rotatable bonds is 10. The molecule has 3 aromatic carbocycles. The lowest BCUT2D eigenvalue weighted by Gasteiger charge is -2.29. The van der Waals surface area contributed by atoms with E-state index in [9.17, 15) is 5.11 Å². The van der Waals surface area contributed by atoms with Crippen LogP contribution in [0.25, 0.3) is 0 Å². The van der Waals surface area contributed by atoms with E-state index >= 15 is 0 Å². The van der Waals surface area contributed by atoms with Crippen molar-refractivity contribution in [2.45, 2.75) is 18.6 Å². The van der Waals surface area contributed by atoms with Crippen LogP contribution >= 0.6 is 0 Å². The number of aliphatic hydroxyl groups is 1. The van der Waals surface area contributed by atoms with Crippen LogP contribution in [-0.2, 0) is 12.1 Å². The Morgan fingerprint density at radius 1 is 0.821 bits per heavy atom. The first-order chi connectivity index (χ1) is 13.7. The van der Waals surface area contributed by atoms with Crippen LogP contribution < -0.4 is 14.8 Å². The first-order valence-electron chi connectivity index (χ1n) is 9.50. The number of methoxy groups -OCH3 is 1. The maximum Gasteiger partial charge on any atom is 0.161 e. The molecule has 4 nitrogen and oxygen atoms in total. The average Bonchev–Trinajstić information content (AvgIpc) is 2.77. The molecular weight excluding hydrogens is 350 g/mol. The van der Waals surface area contributed by atoms with Crippen molar-refractivity contribution in [3.8, 4) is 11.5 Å². The Morgan fingerprint density at radius 3 is 2.11 bits per heavy atom. The molecule has 4 heteroatoms. The zero-order valence-corrected chi connectivity index (χ0v) is 16.2. The van der Waals surface area contributed by atoms with Gasteiger partial charge in [-0.2, -0.15) is 0 Å². The number of benzene rings is 3. The maximum atomic E-state index is 11.4. The SMILES string of the molecule is COc1ccccc1OCC(O)(CCNCc1ccccc1)c1ccccc1. The standard InChI is InChI=1S/C24H27NO3/c1-27-22-14-8-9-15-23(22)28-19-24(26,21-12-6-3-7-13-21)16-17-25-18-20-10-4-2-5-11-20/h2-15,25-26H,16-19H2,1H3. The van der Waals surface area contributed by atoms with Crippen molar-refractivity contribution in [1.29, 1.82) is 0 Å². The third-order valence-electron chi connectivity index (χ3n) is 4.73. The second kappa shape index (κ2) is 9.93. The minimum atomic E-state index is -1.11. The summed E-state index contributed by atoms with van der Waals surface area (Å²) in [7, 11) is 1.61. The van der Waals surface area contributed by atoms with E-state index in [0.717, 1.165) is 12.1 Å². The quantitative estimate of drug-likeness (QED) is 0.522. The van der Waals surface area contributed by atoms with Gasteiger partial charge in [0.15, 0.2) is 11.5 Å². The van der Waals surface area contributed by atoms with Crippen LogP contribution in [0.4, 0.5) is 0 Å². The molecule has 3 rings (SSSR count). The molecule has 0 radical (unpaired) electrons. The Balaban J connectivity index is 1.65. The molecule has 0 amide bonds. The lowest BCUT2D eigenvalue weighted by Crippen LogP contribution is -2.36. The molecule has 1 atom stereocenters. The number of nitrogens with one attached hydrogen (secondary N) is 1. The second-order valence-corrected chi connectivity index (χ2v) is 6.75. The topological polar surface area (TPSA) is 50.7 Å². The summed E-state index contributed by atoms with van der Waals surface area (Å²) in [5, 5.41) is 14.8. The average molecular weight is 377 g/mol. The zero-order chi connectivity index (χ0) is 19.7. The molecule has 146 valence electrons. The summed E-state index contributed by atoms with van der Waals surface area (Å²) in [6, 6.07) is 27.4. The van der Waals surface area contributed by atoms with Gasteiger partial charge in [0.1, 0.15) is 12.2 Å². The molecular formula is C24H27NO3. The maximum absolute atomic E-state index is 11.4. The third kappa shape index (κ3) is 5.35. The first-order valence-corrected chi connectivity index (χ1v) is 9.50. The molecule has 0 saturated heterocycles. The molecule has 28 heavy (non-hydrogen) atoms. The highest BCUT2D eigenvalue weighted by molar-refractivity contribution is 5.39. The number of hydrogen-bond donors (Lipinski definition) is 2. The van der Waals surface area contributed by atoms with E-state index in [4.69, 9.17) is 9.47 Å². The first kappa shape index (κ1) is 19.9. The molecule has 0 aliphatic rings. The van der Waals surface area contributed by atoms with E-state index < -0.39 is 5.60 Å². The highest BCUT2D eigenvalue weighted by Gasteiger charge is 2.30. The van der Waals surface area contributed by atoms with Crippen LogP contribution in [0.15, 0.2) is 84.9 Å². The van der Waals surface area contributed by atoms with Crippen molar-refractivity contribution < 1.29 is 14.6 Å². The predicted octanol–water partition coefficient (Wildman–Crippen LogP) is 4.14. The van der Waals surface area contributed by atoms with Crippen LogP contribution in [-0.4, -0.2) is 25.4 Å². The van der Waals surface area contributed by atoms with Crippen molar-refractivity contribution in [2.75, 3.05) is 20.3 Å². The minimum absolute atomic E-state index is 0.143. The zero-order valence-electron chi connectivity index (χ0n) is 16.2. The molecule has 0 bridgehead atoms. The smallest absolute Gasteiger partial charge is 0.161 e. The number of para-hydroxylation sites is 2. The second-order valence-electron chi connectivity index (χ2n) is 6.75. The third-order valence-corrected chi connectivity index (χ3v) is 4.73. The van der Waals surface area contributed by atoms with Crippen molar-refractivity contribution in [3.05, 3.63) is 96.1 Å². The number of ether oxygens (including phenoxy) is 2. The molecule has 0 saturated carbocycles. The summed E-state index contributed by atoms with van der Waals surface area (Å²) >= 11 is 0. The molecule has 0 aliphatic heterocycles.